The van der Waals surface area contributed by atoms with Crippen molar-refractivity contribution in [2.24, 2.45) is 12.9 Å². The average Bonchev–Trinajstić information content (AvgIpc) is 2.74. The molecule has 90 valence electrons. The van der Waals surface area contributed by atoms with E-state index in [1.807, 2.05) is 17.8 Å². The minimum atomic E-state index is 0.357. The van der Waals surface area contributed by atoms with Gasteiger partial charge in [-0.15, -0.1) is 0 Å². The topological polar surface area (TPSA) is 93.7 Å². The molecule has 2 aromatic rings. The van der Waals surface area contributed by atoms with Gasteiger partial charge in [-0.2, -0.15) is 4.98 Å². The number of rotatable bonds is 4. The number of anilines is 2. The SMILES string of the molecule is Cn1ccnc1CNc1nc(NN)ncc1Br. The molecule has 0 aliphatic rings. The van der Waals surface area contributed by atoms with Crippen molar-refractivity contribution in [3.63, 3.8) is 0 Å². The summed E-state index contributed by atoms with van der Waals surface area (Å²) in [5.74, 6) is 7.18. The van der Waals surface area contributed by atoms with Crippen molar-refractivity contribution in [3.05, 3.63) is 28.9 Å². The van der Waals surface area contributed by atoms with E-state index >= 15 is 0 Å². The molecule has 0 amide bonds. The second kappa shape index (κ2) is 5.11. The molecule has 7 nitrogen and oxygen atoms in total. The van der Waals surface area contributed by atoms with Crippen molar-refractivity contribution in [3.8, 4) is 0 Å². The third-order valence-electron chi connectivity index (χ3n) is 2.21. The number of aryl methyl sites for hydroxylation is 1. The maximum Gasteiger partial charge on any atom is 0.239 e. The highest BCUT2D eigenvalue weighted by Crippen LogP contribution is 2.20. The Morgan fingerprint density at radius 1 is 1.47 bits per heavy atom. The first kappa shape index (κ1) is 11.8. The van der Waals surface area contributed by atoms with Crippen LogP contribution in [0.3, 0.4) is 0 Å². The zero-order valence-corrected chi connectivity index (χ0v) is 10.8. The molecule has 0 unspecified atom stereocenters. The van der Waals surface area contributed by atoms with Gasteiger partial charge in [-0.25, -0.2) is 15.8 Å². The van der Waals surface area contributed by atoms with E-state index in [0.29, 0.717) is 18.3 Å². The number of nitrogens with two attached hydrogens (primary N) is 1. The van der Waals surface area contributed by atoms with E-state index in [1.165, 1.54) is 0 Å². The molecule has 0 aliphatic carbocycles. The highest BCUT2D eigenvalue weighted by Gasteiger charge is 2.05. The van der Waals surface area contributed by atoms with E-state index in [0.717, 1.165) is 10.3 Å². The van der Waals surface area contributed by atoms with Gasteiger partial charge in [0.15, 0.2) is 0 Å². The largest absolute Gasteiger partial charge is 0.362 e. The number of aromatic nitrogens is 4. The van der Waals surface area contributed by atoms with Crippen LogP contribution in [0.25, 0.3) is 0 Å². The highest BCUT2D eigenvalue weighted by molar-refractivity contribution is 9.10. The second-order valence-corrected chi connectivity index (χ2v) is 4.20. The summed E-state index contributed by atoms with van der Waals surface area (Å²) in [6.45, 7) is 0.573. The normalized spacial score (nSPS) is 10.3. The third kappa shape index (κ3) is 2.71. The summed E-state index contributed by atoms with van der Waals surface area (Å²) in [4.78, 5) is 12.3. The molecule has 2 rings (SSSR count). The van der Waals surface area contributed by atoms with Gasteiger partial charge in [0.1, 0.15) is 11.6 Å². The van der Waals surface area contributed by atoms with E-state index in [-0.39, 0.29) is 0 Å². The Labute approximate surface area is 107 Å². The lowest BCUT2D eigenvalue weighted by atomic mass is 10.5. The fourth-order valence-electron chi connectivity index (χ4n) is 1.29. The van der Waals surface area contributed by atoms with Gasteiger partial charge in [0, 0.05) is 25.6 Å². The zero-order valence-electron chi connectivity index (χ0n) is 9.18. The quantitative estimate of drug-likeness (QED) is 0.573. The van der Waals surface area contributed by atoms with Crippen LogP contribution < -0.4 is 16.6 Å². The average molecular weight is 298 g/mol. The number of nitrogen functional groups attached to an aromatic ring is 1. The van der Waals surface area contributed by atoms with Crippen LogP contribution in [0.4, 0.5) is 11.8 Å². The van der Waals surface area contributed by atoms with Gasteiger partial charge in [-0.1, -0.05) is 0 Å². The molecule has 0 saturated heterocycles. The van der Waals surface area contributed by atoms with Crippen LogP contribution in [-0.4, -0.2) is 19.5 Å². The number of hydrazine groups is 1. The fourth-order valence-corrected chi connectivity index (χ4v) is 1.62. The summed E-state index contributed by atoms with van der Waals surface area (Å²) in [7, 11) is 1.94. The molecule has 0 atom stereocenters. The molecule has 4 N–H and O–H groups in total. The fraction of sp³-hybridized carbons (Fsp3) is 0.222. The van der Waals surface area contributed by atoms with Gasteiger partial charge in [-0.05, 0) is 15.9 Å². The molecule has 0 fully saturated rings. The molecule has 0 radical (unpaired) electrons. The van der Waals surface area contributed by atoms with Crippen LogP contribution in [-0.2, 0) is 13.6 Å². The number of hydrogen-bond acceptors (Lipinski definition) is 6. The maximum absolute atomic E-state index is 5.25. The Balaban J connectivity index is 2.11. The summed E-state index contributed by atoms with van der Waals surface area (Å²) >= 11 is 3.36. The minimum Gasteiger partial charge on any atom is -0.362 e. The first-order valence-electron chi connectivity index (χ1n) is 4.90. The Morgan fingerprint density at radius 2 is 2.29 bits per heavy atom. The Bertz CT molecular complexity index is 510. The third-order valence-corrected chi connectivity index (χ3v) is 2.79. The van der Waals surface area contributed by atoms with Crippen LogP contribution in [0.2, 0.25) is 0 Å². The molecule has 0 bridgehead atoms. The summed E-state index contributed by atoms with van der Waals surface area (Å²) in [5, 5.41) is 3.15. The lowest BCUT2D eigenvalue weighted by Crippen LogP contribution is -2.13. The van der Waals surface area contributed by atoms with E-state index in [4.69, 9.17) is 5.84 Å². The highest BCUT2D eigenvalue weighted by atomic mass is 79.9. The molecule has 0 spiro atoms. The standard InChI is InChI=1S/C9H12BrN7/c1-17-3-2-12-7(17)5-13-8-6(10)4-14-9(15-8)16-11/h2-4H,5,11H2,1H3,(H2,13,14,15,16). The number of nitrogens with zero attached hydrogens (tertiary/aromatic N) is 4. The van der Waals surface area contributed by atoms with Crippen molar-refractivity contribution < 1.29 is 0 Å². The van der Waals surface area contributed by atoms with Gasteiger partial charge < -0.3 is 9.88 Å². The number of nitrogens with one attached hydrogen (secondary N) is 2. The predicted octanol–water partition coefficient (Wildman–Crippen LogP) is 0.870. The van der Waals surface area contributed by atoms with Crippen molar-refractivity contribution in [1.82, 2.24) is 19.5 Å². The lowest BCUT2D eigenvalue weighted by Gasteiger charge is -2.08. The zero-order chi connectivity index (χ0) is 12.3. The van der Waals surface area contributed by atoms with E-state index < -0.39 is 0 Å². The first-order valence-corrected chi connectivity index (χ1v) is 5.69. The van der Waals surface area contributed by atoms with E-state index in [1.54, 1.807) is 12.4 Å². The number of imidazole rings is 1. The van der Waals surface area contributed by atoms with Crippen LogP contribution in [0.1, 0.15) is 5.82 Å². The molecular weight excluding hydrogens is 286 g/mol. The minimum absolute atomic E-state index is 0.357. The van der Waals surface area contributed by atoms with E-state index in [2.05, 4.69) is 41.6 Å². The second-order valence-electron chi connectivity index (χ2n) is 3.34. The maximum atomic E-state index is 5.25. The molecular formula is C9H12BrN7. The number of hydrogen-bond donors (Lipinski definition) is 3. The molecule has 0 aromatic carbocycles. The monoisotopic (exact) mass is 297 g/mol. The van der Waals surface area contributed by atoms with Gasteiger partial charge >= 0.3 is 0 Å². The van der Waals surface area contributed by atoms with Gasteiger partial charge in [-0.3, -0.25) is 5.43 Å². The van der Waals surface area contributed by atoms with Crippen LogP contribution in [0.15, 0.2) is 23.1 Å². The summed E-state index contributed by atoms with van der Waals surface area (Å²) in [6, 6.07) is 0. The van der Waals surface area contributed by atoms with Crippen LogP contribution in [0, 0.1) is 0 Å². The Morgan fingerprint density at radius 3 is 2.94 bits per heavy atom. The Hall–Kier alpha value is -1.67. The lowest BCUT2D eigenvalue weighted by molar-refractivity contribution is 0.810. The molecule has 2 heterocycles. The van der Waals surface area contributed by atoms with Crippen LogP contribution >= 0.6 is 15.9 Å². The summed E-state index contributed by atoms with van der Waals surface area (Å²) in [6.07, 6.45) is 5.26. The molecule has 2 aromatic heterocycles. The first-order chi connectivity index (χ1) is 8.20. The molecule has 17 heavy (non-hydrogen) atoms. The molecule has 0 aliphatic heterocycles. The molecule has 0 saturated carbocycles. The Kier molecular flexibility index (Phi) is 3.55. The van der Waals surface area contributed by atoms with Gasteiger partial charge in [0.05, 0.1) is 11.0 Å². The summed E-state index contributed by atoms with van der Waals surface area (Å²) in [5.41, 5.74) is 2.40. The molecule has 8 heteroatoms. The van der Waals surface area contributed by atoms with Gasteiger partial charge in [0.25, 0.3) is 0 Å². The number of halogens is 1. The smallest absolute Gasteiger partial charge is 0.239 e. The van der Waals surface area contributed by atoms with Crippen molar-refractivity contribution in [1.29, 1.82) is 0 Å². The van der Waals surface area contributed by atoms with Gasteiger partial charge in [0.2, 0.25) is 5.95 Å². The van der Waals surface area contributed by atoms with Crippen molar-refractivity contribution in [2.45, 2.75) is 6.54 Å². The van der Waals surface area contributed by atoms with Crippen molar-refractivity contribution in [2.75, 3.05) is 10.7 Å². The summed E-state index contributed by atoms with van der Waals surface area (Å²) < 4.78 is 2.70. The van der Waals surface area contributed by atoms with Crippen molar-refractivity contribution >= 4 is 27.7 Å². The van der Waals surface area contributed by atoms with E-state index in [9.17, 15) is 0 Å². The van der Waals surface area contributed by atoms with Crippen LogP contribution in [0.5, 0.6) is 0 Å². The predicted molar refractivity (Wildman–Crippen MR) is 68.1 cm³/mol.